The van der Waals surface area contributed by atoms with E-state index in [1.807, 2.05) is 0 Å². The van der Waals surface area contributed by atoms with Gasteiger partial charge in [-0.15, -0.1) is 0 Å². The Labute approximate surface area is 63.8 Å². The maximum Gasteiger partial charge on any atom is 0.423 e. The Morgan fingerprint density at radius 2 is 2.09 bits per heavy atom. The van der Waals surface area contributed by atoms with Crippen molar-refractivity contribution >= 4 is 17.8 Å². The van der Waals surface area contributed by atoms with Gasteiger partial charge in [-0.2, -0.15) is 0 Å². The highest BCUT2D eigenvalue weighted by Crippen LogP contribution is 2.22. The first kappa shape index (κ1) is 7.40. The van der Waals surface area contributed by atoms with Crippen LogP contribution >= 0.6 is 0 Å². The van der Waals surface area contributed by atoms with Crippen molar-refractivity contribution in [1.82, 2.24) is 0 Å². The molecule has 1 aromatic carbocycles. The van der Waals surface area contributed by atoms with Crippen LogP contribution < -0.4 is 16.2 Å². The molecule has 0 aliphatic heterocycles. The Hall–Kier alpha value is -1.71. The van der Waals surface area contributed by atoms with Gasteiger partial charge in [-0.05, 0) is 12.1 Å². The Balaban J connectivity index is 3.01. The highest BCUT2D eigenvalue weighted by molar-refractivity contribution is 5.63. The molecule has 11 heavy (non-hydrogen) atoms. The minimum absolute atomic E-state index is 0.236. The number of nitrogen functional groups attached to an aromatic ring is 2. The van der Waals surface area contributed by atoms with Gasteiger partial charge in [0.2, 0.25) is 0 Å². The maximum atomic E-state index is 9.79. The second-order valence-electron chi connectivity index (χ2n) is 1.98. The fourth-order valence-electron chi connectivity index (χ4n) is 0.684. The summed E-state index contributed by atoms with van der Waals surface area (Å²) >= 11 is 0. The fourth-order valence-corrected chi connectivity index (χ4v) is 0.684. The molecule has 1 rings (SSSR count). The molecule has 1 aromatic rings. The standard InChI is InChI=1S/C7H7N2O2/c8-5-1-2-6(9)7(3-5)11-4-10/h1-3H,8-9H2. The minimum Gasteiger partial charge on any atom is -0.416 e. The van der Waals surface area contributed by atoms with Gasteiger partial charge in [-0.25, -0.2) is 4.79 Å². The van der Waals surface area contributed by atoms with Crippen LogP contribution in [0.15, 0.2) is 18.2 Å². The Kier molecular flexibility index (Phi) is 1.96. The van der Waals surface area contributed by atoms with E-state index in [0.717, 1.165) is 0 Å². The van der Waals surface area contributed by atoms with Crippen molar-refractivity contribution in [1.29, 1.82) is 0 Å². The van der Waals surface area contributed by atoms with Gasteiger partial charge in [-0.3, -0.25) is 0 Å². The first-order valence-electron chi connectivity index (χ1n) is 2.93. The number of hydrogen-bond acceptors (Lipinski definition) is 4. The summed E-state index contributed by atoms with van der Waals surface area (Å²) in [6.07, 6.45) is 0. The third-order valence-electron chi connectivity index (χ3n) is 1.19. The van der Waals surface area contributed by atoms with Gasteiger partial charge in [-0.1, -0.05) is 0 Å². The SMILES string of the molecule is Nc1ccc(N)c(O[C]=O)c1. The number of carbonyl (C=O) groups excluding carboxylic acids is 1. The second kappa shape index (κ2) is 2.92. The molecular formula is C7H7N2O2. The van der Waals surface area contributed by atoms with Gasteiger partial charge >= 0.3 is 6.47 Å². The quantitative estimate of drug-likeness (QED) is 0.596. The first-order valence-corrected chi connectivity index (χ1v) is 2.93. The molecule has 0 fully saturated rings. The molecule has 0 bridgehead atoms. The molecule has 0 aliphatic carbocycles. The van der Waals surface area contributed by atoms with E-state index in [0.29, 0.717) is 11.4 Å². The smallest absolute Gasteiger partial charge is 0.416 e. The molecule has 0 saturated heterocycles. The average Bonchev–Trinajstić information content (AvgIpc) is 1.98. The van der Waals surface area contributed by atoms with E-state index in [1.54, 1.807) is 12.1 Å². The van der Waals surface area contributed by atoms with Crippen molar-refractivity contribution < 1.29 is 9.53 Å². The van der Waals surface area contributed by atoms with Crippen molar-refractivity contribution in [3.8, 4) is 5.75 Å². The summed E-state index contributed by atoms with van der Waals surface area (Å²) in [5.41, 5.74) is 11.7. The molecule has 0 aliphatic rings. The first-order chi connectivity index (χ1) is 5.24. The summed E-state index contributed by atoms with van der Waals surface area (Å²) in [5.74, 6) is 0.236. The molecule has 4 heteroatoms. The van der Waals surface area contributed by atoms with Crippen molar-refractivity contribution in [3.05, 3.63) is 18.2 Å². The Bertz CT molecular complexity index is 273. The summed E-state index contributed by atoms with van der Waals surface area (Å²) in [6, 6.07) is 4.63. The van der Waals surface area contributed by atoms with E-state index in [1.165, 1.54) is 12.5 Å². The van der Waals surface area contributed by atoms with Crippen LogP contribution in [-0.4, -0.2) is 6.47 Å². The van der Waals surface area contributed by atoms with Crippen LogP contribution in [0.3, 0.4) is 0 Å². The molecule has 0 atom stereocenters. The molecule has 1 radical (unpaired) electrons. The van der Waals surface area contributed by atoms with Gasteiger partial charge < -0.3 is 16.2 Å². The molecule has 0 aromatic heterocycles. The molecule has 0 heterocycles. The predicted molar refractivity (Wildman–Crippen MR) is 41.6 cm³/mol. The van der Waals surface area contributed by atoms with Gasteiger partial charge in [0.05, 0.1) is 5.69 Å². The van der Waals surface area contributed by atoms with Gasteiger partial charge in [0.25, 0.3) is 0 Å². The maximum absolute atomic E-state index is 9.79. The fraction of sp³-hybridized carbons (Fsp3) is 0. The highest BCUT2D eigenvalue weighted by Gasteiger charge is 1.99. The molecule has 57 valence electrons. The zero-order valence-electron chi connectivity index (χ0n) is 5.70. The lowest BCUT2D eigenvalue weighted by Crippen LogP contribution is -1.96. The third-order valence-corrected chi connectivity index (χ3v) is 1.19. The van der Waals surface area contributed by atoms with Crippen LogP contribution in [0.1, 0.15) is 0 Å². The summed E-state index contributed by atoms with van der Waals surface area (Å²) < 4.78 is 4.41. The summed E-state index contributed by atoms with van der Waals surface area (Å²) in [7, 11) is 0. The second-order valence-corrected chi connectivity index (χ2v) is 1.98. The lowest BCUT2D eigenvalue weighted by atomic mass is 10.3. The summed E-state index contributed by atoms with van der Waals surface area (Å²) in [6.45, 7) is 1.27. The lowest BCUT2D eigenvalue weighted by molar-refractivity contribution is 0.444. The molecular weight excluding hydrogens is 144 g/mol. The van der Waals surface area contributed by atoms with E-state index in [2.05, 4.69) is 4.74 Å². The van der Waals surface area contributed by atoms with Crippen molar-refractivity contribution in [2.75, 3.05) is 11.5 Å². The van der Waals surface area contributed by atoms with Crippen LogP contribution in [0.2, 0.25) is 0 Å². The van der Waals surface area contributed by atoms with Crippen LogP contribution in [0.4, 0.5) is 11.4 Å². The largest absolute Gasteiger partial charge is 0.423 e. The van der Waals surface area contributed by atoms with Crippen molar-refractivity contribution in [3.63, 3.8) is 0 Å². The van der Waals surface area contributed by atoms with Crippen LogP contribution in [0, 0.1) is 0 Å². The predicted octanol–water partition coefficient (Wildman–Crippen LogP) is 0.297. The van der Waals surface area contributed by atoms with Crippen LogP contribution in [0.5, 0.6) is 5.75 Å². The summed E-state index contributed by atoms with van der Waals surface area (Å²) in [4.78, 5) is 9.79. The van der Waals surface area contributed by atoms with E-state index in [-0.39, 0.29) is 5.75 Å². The van der Waals surface area contributed by atoms with E-state index < -0.39 is 0 Å². The average molecular weight is 151 g/mol. The lowest BCUT2D eigenvalue weighted by Gasteiger charge is -2.01. The number of nitrogens with two attached hydrogens (primary N) is 2. The van der Waals surface area contributed by atoms with Crippen LogP contribution in [0.25, 0.3) is 0 Å². The molecule has 4 nitrogen and oxygen atoms in total. The molecule has 0 amide bonds. The third kappa shape index (κ3) is 1.61. The van der Waals surface area contributed by atoms with Crippen molar-refractivity contribution in [2.45, 2.75) is 0 Å². The molecule has 4 N–H and O–H groups in total. The molecule has 0 saturated carbocycles. The molecule has 0 unspecified atom stereocenters. The highest BCUT2D eigenvalue weighted by atomic mass is 16.5. The van der Waals surface area contributed by atoms with E-state index in [9.17, 15) is 4.79 Å². The number of benzene rings is 1. The monoisotopic (exact) mass is 151 g/mol. The zero-order valence-corrected chi connectivity index (χ0v) is 5.70. The summed E-state index contributed by atoms with van der Waals surface area (Å²) in [5, 5.41) is 0. The van der Waals surface area contributed by atoms with E-state index in [4.69, 9.17) is 11.5 Å². The van der Waals surface area contributed by atoms with Gasteiger partial charge in [0, 0.05) is 11.8 Å². The van der Waals surface area contributed by atoms with Crippen LogP contribution in [-0.2, 0) is 4.79 Å². The number of rotatable bonds is 2. The minimum atomic E-state index is 0.236. The molecule has 0 spiro atoms. The van der Waals surface area contributed by atoms with E-state index >= 15 is 0 Å². The zero-order chi connectivity index (χ0) is 8.27. The van der Waals surface area contributed by atoms with Gasteiger partial charge in [0.15, 0.2) is 5.75 Å². The topological polar surface area (TPSA) is 78.3 Å². The number of hydrogen-bond donors (Lipinski definition) is 2. The number of anilines is 2. The normalized spacial score (nSPS) is 9.09. The Morgan fingerprint density at radius 3 is 2.73 bits per heavy atom. The van der Waals surface area contributed by atoms with Gasteiger partial charge in [0.1, 0.15) is 0 Å². The number of ether oxygens (including phenoxy) is 1. The Morgan fingerprint density at radius 1 is 1.36 bits per heavy atom. The van der Waals surface area contributed by atoms with Crippen molar-refractivity contribution in [2.24, 2.45) is 0 Å².